The Morgan fingerprint density at radius 1 is 1.00 bits per heavy atom. The summed E-state index contributed by atoms with van der Waals surface area (Å²) in [6.45, 7) is 4.54. The quantitative estimate of drug-likeness (QED) is 0.122. The van der Waals surface area contributed by atoms with Crippen molar-refractivity contribution in [3.05, 3.63) is 101 Å². The molecule has 11 nitrogen and oxygen atoms in total. The molecule has 47 heavy (non-hydrogen) atoms. The average molecular weight is 648 g/mol. The fourth-order valence-corrected chi connectivity index (χ4v) is 5.73. The van der Waals surface area contributed by atoms with Crippen LogP contribution in [0, 0.1) is 6.92 Å². The molecular formula is C35H37N9O2S. The zero-order chi connectivity index (χ0) is 32.8. The molecule has 0 saturated heterocycles. The molecule has 0 fully saturated rings. The number of carbonyl (C=O) groups is 1. The number of benzene rings is 2. The zero-order valence-corrected chi connectivity index (χ0v) is 27.6. The number of ether oxygens (including phenoxy) is 1. The van der Waals surface area contributed by atoms with Crippen LogP contribution in [0.15, 0.2) is 84.6 Å². The monoisotopic (exact) mass is 647 g/mol. The lowest BCUT2D eigenvalue weighted by atomic mass is 10.1. The molecular weight excluding hydrogens is 611 g/mol. The summed E-state index contributed by atoms with van der Waals surface area (Å²) in [6.07, 6.45) is 8.05. The lowest BCUT2D eigenvalue weighted by Crippen LogP contribution is -2.21. The Morgan fingerprint density at radius 3 is 2.64 bits per heavy atom. The summed E-state index contributed by atoms with van der Waals surface area (Å²) in [5, 5.41) is 17.9. The maximum atomic E-state index is 13.3. The second-order valence-corrected chi connectivity index (χ2v) is 12.4. The largest absolute Gasteiger partial charge is 0.488 e. The van der Waals surface area contributed by atoms with Crippen LogP contribution in [-0.4, -0.2) is 44.9 Å². The van der Waals surface area contributed by atoms with Crippen LogP contribution in [0.2, 0.25) is 0 Å². The van der Waals surface area contributed by atoms with Crippen molar-refractivity contribution < 1.29 is 9.53 Å². The summed E-state index contributed by atoms with van der Waals surface area (Å²) in [7, 11) is 3.83. The van der Waals surface area contributed by atoms with Crippen molar-refractivity contribution in [3.63, 3.8) is 0 Å². The number of amides is 2. The van der Waals surface area contributed by atoms with Gasteiger partial charge in [-0.05, 0) is 55.7 Å². The number of aryl methyl sites for hydroxylation is 2. The second kappa shape index (κ2) is 14.3. The van der Waals surface area contributed by atoms with Crippen molar-refractivity contribution in [2.75, 3.05) is 34.9 Å². The van der Waals surface area contributed by atoms with E-state index in [-0.39, 0.29) is 6.03 Å². The van der Waals surface area contributed by atoms with E-state index in [0.29, 0.717) is 35.5 Å². The number of anilines is 5. The van der Waals surface area contributed by atoms with Crippen molar-refractivity contribution >= 4 is 57.1 Å². The first kappa shape index (κ1) is 31.5. The zero-order valence-electron chi connectivity index (χ0n) is 26.8. The molecule has 0 unspecified atom stereocenters. The van der Waals surface area contributed by atoms with Gasteiger partial charge in [0.05, 0.1) is 29.5 Å². The van der Waals surface area contributed by atoms with Crippen LogP contribution in [0.4, 0.5) is 33.8 Å². The van der Waals surface area contributed by atoms with Crippen molar-refractivity contribution in [3.8, 4) is 11.4 Å². The van der Waals surface area contributed by atoms with Crippen LogP contribution in [0.3, 0.4) is 0 Å². The summed E-state index contributed by atoms with van der Waals surface area (Å²) >= 11 is 1.65. The van der Waals surface area contributed by atoms with Gasteiger partial charge in [0, 0.05) is 47.4 Å². The van der Waals surface area contributed by atoms with Crippen molar-refractivity contribution in [1.82, 2.24) is 24.7 Å². The highest BCUT2D eigenvalue weighted by Gasteiger charge is 2.15. The minimum absolute atomic E-state index is 0.324. The Balaban J connectivity index is 1.16. The summed E-state index contributed by atoms with van der Waals surface area (Å²) in [6, 6.07) is 19.1. The van der Waals surface area contributed by atoms with E-state index >= 15 is 0 Å². The number of rotatable bonds is 12. The van der Waals surface area contributed by atoms with Gasteiger partial charge in [0.2, 0.25) is 0 Å². The van der Waals surface area contributed by atoms with Crippen LogP contribution in [0.1, 0.15) is 35.9 Å². The predicted molar refractivity (Wildman–Crippen MR) is 190 cm³/mol. The van der Waals surface area contributed by atoms with Gasteiger partial charge in [-0.1, -0.05) is 37.6 Å². The Hall–Kier alpha value is -5.49. The molecule has 0 bridgehead atoms. The van der Waals surface area contributed by atoms with Crippen molar-refractivity contribution in [2.24, 2.45) is 0 Å². The predicted octanol–water partition coefficient (Wildman–Crippen LogP) is 7.96. The second-order valence-electron chi connectivity index (χ2n) is 11.3. The van der Waals surface area contributed by atoms with Gasteiger partial charge in [-0.3, -0.25) is 10.3 Å². The first-order valence-electron chi connectivity index (χ1n) is 15.4. The normalized spacial score (nSPS) is 11.0. The number of unbranched alkanes of at least 4 members (excludes halogenated alkanes) is 1. The van der Waals surface area contributed by atoms with Gasteiger partial charge in [-0.2, -0.15) is 5.10 Å². The SMILES string of the molecule is CCCCc1cc(NC(=O)Nc2ccc(OCc3ccnc(Nc4cncc(N(C)C)n4)c3)c3ccccc23)n(-c2csc(C)c2)n1. The standard InChI is InChI=1S/C35H37N9O2S/c1-5-6-9-25-18-33(44(42-25)26-16-23(2)47-22-26)41-35(45)38-29-12-13-30(28-11-8-7-10-27(28)29)46-21-24-14-15-37-31(17-24)39-32-19-36-20-34(40-32)43(3)4/h7-8,10-20,22H,5-6,9,21H2,1-4H3,(H,37,39,40)(H2,38,41,45). The topological polar surface area (TPSA) is 122 Å². The summed E-state index contributed by atoms with van der Waals surface area (Å²) < 4.78 is 8.09. The third-order valence-corrected chi connectivity index (χ3v) is 8.29. The Morgan fingerprint density at radius 2 is 1.85 bits per heavy atom. The van der Waals surface area contributed by atoms with Gasteiger partial charge in [-0.25, -0.2) is 19.4 Å². The number of hydrogen-bond donors (Lipinski definition) is 3. The summed E-state index contributed by atoms with van der Waals surface area (Å²) in [4.78, 5) is 29.6. The van der Waals surface area contributed by atoms with Crippen LogP contribution < -0.4 is 25.6 Å². The highest BCUT2D eigenvalue weighted by atomic mass is 32.1. The number of nitrogens with one attached hydrogen (secondary N) is 3. The van der Waals surface area contributed by atoms with E-state index in [0.717, 1.165) is 52.8 Å². The number of pyridine rings is 1. The smallest absolute Gasteiger partial charge is 0.324 e. The summed E-state index contributed by atoms with van der Waals surface area (Å²) in [5.74, 6) is 3.31. The molecule has 0 aliphatic carbocycles. The number of thiophene rings is 1. The van der Waals surface area contributed by atoms with Gasteiger partial charge in [0.25, 0.3) is 0 Å². The maximum Gasteiger partial charge on any atom is 0.324 e. The van der Waals surface area contributed by atoms with E-state index in [1.54, 1.807) is 34.6 Å². The highest BCUT2D eigenvalue weighted by molar-refractivity contribution is 7.10. The number of hydrogen-bond acceptors (Lipinski definition) is 9. The molecule has 2 aromatic carbocycles. The highest BCUT2D eigenvalue weighted by Crippen LogP contribution is 2.33. The maximum absolute atomic E-state index is 13.3. The first-order chi connectivity index (χ1) is 22.9. The van der Waals surface area contributed by atoms with Crippen molar-refractivity contribution in [2.45, 2.75) is 39.7 Å². The molecule has 0 atom stereocenters. The van der Waals surface area contributed by atoms with Crippen molar-refractivity contribution in [1.29, 1.82) is 0 Å². The van der Waals surface area contributed by atoms with Crippen LogP contribution in [0.25, 0.3) is 16.5 Å². The Labute approximate surface area is 277 Å². The molecule has 2 amide bonds. The number of carbonyl (C=O) groups excluding carboxylic acids is 1. The van der Waals surface area contributed by atoms with Gasteiger partial charge < -0.3 is 20.3 Å². The van der Waals surface area contributed by atoms with E-state index in [1.807, 2.05) is 79.0 Å². The van der Waals surface area contributed by atoms with Crippen LogP contribution in [-0.2, 0) is 13.0 Å². The van der Waals surface area contributed by atoms with E-state index in [1.165, 1.54) is 4.88 Å². The molecule has 6 rings (SSSR count). The minimum atomic E-state index is -0.350. The third-order valence-electron chi connectivity index (χ3n) is 7.44. The molecule has 3 N–H and O–H groups in total. The van der Waals surface area contributed by atoms with E-state index in [4.69, 9.17) is 9.84 Å². The number of nitrogens with zero attached hydrogens (tertiary/aromatic N) is 6. The fourth-order valence-electron chi connectivity index (χ4n) is 5.07. The van der Waals surface area contributed by atoms with E-state index < -0.39 is 0 Å². The molecule has 0 aliphatic rings. The molecule has 0 aliphatic heterocycles. The molecule has 0 radical (unpaired) electrons. The first-order valence-corrected chi connectivity index (χ1v) is 16.3. The Bertz CT molecular complexity index is 2000. The molecule has 0 spiro atoms. The number of aromatic nitrogens is 5. The fraction of sp³-hybridized carbons (Fsp3) is 0.229. The molecule has 240 valence electrons. The number of fused-ring (bicyclic) bond motifs is 1. The van der Waals surface area contributed by atoms with Crippen LogP contribution in [0.5, 0.6) is 5.75 Å². The summed E-state index contributed by atoms with van der Waals surface area (Å²) in [5.41, 5.74) is 3.48. The average Bonchev–Trinajstić information content (AvgIpc) is 3.69. The van der Waals surface area contributed by atoms with Gasteiger partial charge >= 0.3 is 6.03 Å². The molecule has 6 aromatic rings. The van der Waals surface area contributed by atoms with Gasteiger partial charge in [0.15, 0.2) is 5.82 Å². The third kappa shape index (κ3) is 7.67. The van der Waals surface area contributed by atoms with Gasteiger partial charge in [-0.15, -0.1) is 11.3 Å². The molecule has 12 heteroatoms. The Kier molecular flexibility index (Phi) is 9.58. The van der Waals surface area contributed by atoms with E-state index in [9.17, 15) is 4.79 Å². The lowest BCUT2D eigenvalue weighted by Gasteiger charge is -2.15. The van der Waals surface area contributed by atoms with E-state index in [2.05, 4.69) is 50.8 Å². The van der Waals surface area contributed by atoms with Crippen LogP contribution >= 0.6 is 11.3 Å². The minimum Gasteiger partial charge on any atom is -0.488 e. The molecule has 4 aromatic heterocycles. The molecule has 0 saturated carbocycles. The molecule has 4 heterocycles. The number of urea groups is 1. The lowest BCUT2D eigenvalue weighted by molar-refractivity contribution is 0.262. The van der Waals surface area contributed by atoms with Gasteiger partial charge in [0.1, 0.15) is 29.8 Å².